The fourth-order valence-electron chi connectivity index (χ4n) is 1.67. The molecule has 0 saturated heterocycles. The van der Waals surface area contributed by atoms with Gasteiger partial charge in [0.1, 0.15) is 11.6 Å². The quantitative estimate of drug-likeness (QED) is 0.345. The van der Waals surface area contributed by atoms with Gasteiger partial charge in [-0.15, -0.1) is 12.3 Å². The van der Waals surface area contributed by atoms with E-state index in [1.54, 1.807) is 0 Å². The summed E-state index contributed by atoms with van der Waals surface area (Å²) >= 11 is 0. The molecule has 0 aromatic heterocycles. The smallest absolute Gasteiger partial charge is 0.129 e. The average Bonchev–Trinajstić information content (AvgIpc) is 2.32. The number of unbranched alkanes of at least 4 members (excludes halogenated alkanes) is 1. The molecular weight excluding hydrogens is 222 g/mol. The van der Waals surface area contributed by atoms with Gasteiger partial charge in [0.2, 0.25) is 0 Å². The summed E-state index contributed by atoms with van der Waals surface area (Å²) < 4.78 is 26.8. The van der Waals surface area contributed by atoms with Gasteiger partial charge in [-0.25, -0.2) is 8.78 Å². The van der Waals surface area contributed by atoms with Crippen LogP contribution in [0.5, 0.6) is 0 Å². The van der Waals surface area contributed by atoms with Crippen LogP contribution in [0.2, 0.25) is 0 Å². The standard InChI is InChI=1S/C13H16F2N2/c1-2-3-4-6-10(17-16)9-11-12(14)7-5-8-13(11)15/h1,5,7-8,10,17H,3-4,6,9,16H2. The molecule has 92 valence electrons. The predicted octanol–water partition coefficient (Wildman–Crippen LogP) is 2.14. The first kappa shape index (κ1) is 13.6. The van der Waals surface area contributed by atoms with E-state index in [9.17, 15) is 8.78 Å². The molecular formula is C13H16F2N2. The van der Waals surface area contributed by atoms with Crippen molar-refractivity contribution in [3.63, 3.8) is 0 Å². The number of benzene rings is 1. The molecule has 1 aromatic carbocycles. The first-order valence-corrected chi connectivity index (χ1v) is 5.51. The fourth-order valence-corrected chi connectivity index (χ4v) is 1.67. The molecule has 0 saturated carbocycles. The highest BCUT2D eigenvalue weighted by atomic mass is 19.1. The highest BCUT2D eigenvalue weighted by molar-refractivity contribution is 5.20. The maximum Gasteiger partial charge on any atom is 0.129 e. The molecule has 0 amide bonds. The van der Waals surface area contributed by atoms with Crippen LogP contribution in [-0.4, -0.2) is 6.04 Å². The summed E-state index contributed by atoms with van der Waals surface area (Å²) in [5.41, 5.74) is 2.63. The SMILES string of the molecule is C#CCCCC(Cc1c(F)cccc1F)NN. The Morgan fingerprint density at radius 2 is 2.00 bits per heavy atom. The van der Waals surface area contributed by atoms with E-state index in [0.29, 0.717) is 12.8 Å². The maximum absolute atomic E-state index is 13.4. The zero-order valence-corrected chi connectivity index (χ0v) is 9.55. The molecule has 0 fully saturated rings. The summed E-state index contributed by atoms with van der Waals surface area (Å²) in [6.07, 6.45) is 7.46. The van der Waals surface area contributed by atoms with Crippen molar-refractivity contribution >= 4 is 0 Å². The molecule has 4 heteroatoms. The zero-order chi connectivity index (χ0) is 12.7. The van der Waals surface area contributed by atoms with Gasteiger partial charge in [-0.1, -0.05) is 6.07 Å². The Bertz CT molecular complexity index is 379. The van der Waals surface area contributed by atoms with Crippen molar-refractivity contribution in [2.24, 2.45) is 5.84 Å². The molecule has 0 aliphatic carbocycles. The Hall–Kier alpha value is -1.44. The van der Waals surface area contributed by atoms with Crippen LogP contribution in [0.25, 0.3) is 0 Å². The van der Waals surface area contributed by atoms with Crippen molar-refractivity contribution in [2.75, 3.05) is 0 Å². The summed E-state index contributed by atoms with van der Waals surface area (Å²) in [6.45, 7) is 0. The van der Waals surface area contributed by atoms with Gasteiger partial charge in [-0.05, 0) is 31.4 Å². The summed E-state index contributed by atoms with van der Waals surface area (Å²) in [7, 11) is 0. The second-order valence-corrected chi connectivity index (χ2v) is 3.86. The van der Waals surface area contributed by atoms with Gasteiger partial charge in [0.25, 0.3) is 0 Å². The van der Waals surface area contributed by atoms with Gasteiger partial charge in [0.05, 0.1) is 0 Å². The lowest BCUT2D eigenvalue weighted by Crippen LogP contribution is -2.37. The number of hydrazine groups is 1. The van der Waals surface area contributed by atoms with E-state index in [1.807, 2.05) is 0 Å². The van der Waals surface area contributed by atoms with Gasteiger partial charge in [-0.3, -0.25) is 11.3 Å². The Morgan fingerprint density at radius 3 is 2.53 bits per heavy atom. The highest BCUT2D eigenvalue weighted by Crippen LogP contribution is 2.15. The fraction of sp³-hybridized carbons (Fsp3) is 0.385. The molecule has 17 heavy (non-hydrogen) atoms. The zero-order valence-electron chi connectivity index (χ0n) is 9.55. The molecule has 1 aromatic rings. The summed E-state index contributed by atoms with van der Waals surface area (Å²) in [5, 5.41) is 0. The number of rotatable bonds is 6. The first-order valence-electron chi connectivity index (χ1n) is 5.51. The van der Waals surface area contributed by atoms with E-state index in [4.69, 9.17) is 12.3 Å². The second kappa shape index (κ2) is 7.00. The summed E-state index contributed by atoms with van der Waals surface area (Å²) in [6, 6.07) is 3.66. The molecule has 0 bridgehead atoms. The van der Waals surface area contributed by atoms with Gasteiger partial charge in [-0.2, -0.15) is 0 Å². The third-order valence-corrected chi connectivity index (χ3v) is 2.62. The van der Waals surface area contributed by atoms with Crippen LogP contribution in [0.3, 0.4) is 0 Å². The minimum atomic E-state index is -0.540. The normalized spacial score (nSPS) is 12.1. The number of nitrogens with one attached hydrogen (secondary N) is 1. The Morgan fingerprint density at radius 1 is 1.35 bits per heavy atom. The lowest BCUT2D eigenvalue weighted by Gasteiger charge is -2.16. The maximum atomic E-state index is 13.4. The van der Waals surface area contributed by atoms with Crippen molar-refractivity contribution < 1.29 is 8.78 Å². The van der Waals surface area contributed by atoms with Crippen molar-refractivity contribution in [3.8, 4) is 12.3 Å². The molecule has 0 heterocycles. The molecule has 1 rings (SSSR count). The first-order chi connectivity index (χ1) is 8.19. The van der Waals surface area contributed by atoms with E-state index in [2.05, 4.69) is 11.3 Å². The van der Waals surface area contributed by atoms with Crippen molar-refractivity contribution in [3.05, 3.63) is 35.4 Å². The van der Waals surface area contributed by atoms with E-state index in [0.717, 1.165) is 6.42 Å². The van der Waals surface area contributed by atoms with Gasteiger partial charge in [0, 0.05) is 18.0 Å². The number of terminal acetylenes is 1. The predicted molar refractivity (Wildman–Crippen MR) is 63.9 cm³/mol. The van der Waals surface area contributed by atoms with E-state index < -0.39 is 11.6 Å². The third-order valence-electron chi connectivity index (χ3n) is 2.62. The lowest BCUT2D eigenvalue weighted by atomic mass is 10.0. The Labute approximate surface area is 100 Å². The van der Waals surface area contributed by atoms with Gasteiger partial charge in [0.15, 0.2) is 0 Å². The van der Waals surface area contributed by atoms with E-state index in [1.165, 1.54) is 18.2 Å². The van der Waals surface area contributed by atoms with Crippen LogP contribution in [0.15, 0.2) is 18.2 Å². The average molecular weight is 238 g/mol. The molecule has 0 aliphatic heterocycles. The summed E-state index contributed by atoms with van der Waals surface area (Å²) in [5.74, 6) is 6.79. The second-order valence-electron chi connectivity index (χ2n) is 3.86. The largest absolute Gasteiger partial charge is 0.271 e. The molecule has 1 unspecified atom stereocenters. The van der Waals surface area contributed by atoms with E-state index in [-0.39, 0.29) is 18.0 Å². The third kappa shape index (κ3) is 4.14. The lowest BCUT2D eigenvalue weighted by molar-refractivity contribution is 0.456. The number of nitrogens with two attached hydrogens (primary N) is 1. The van der Waals surface area contributed by atoms with Crippen LogP contribution in [0, 0.1) is 24.0 Å². The van der Waals surface area contributed by atoms with Crippen molar-refractivity contribution in [1.82, 2.24) is 5.43 Å². The number of halogens is 2. The Kier molecular flexibility index (Phi) is 5.61. The highest BCUT2D eigenvalue weighted by Gasteiger charge is 2.14. The van der Waals surface area contributed by atoms with Crippen LogP contribution < -0.4 is 11.3 Å². The minimum Gasteiger partial charge on any atom is -0.271 e. The minimum absolute atomic E-state index is 0.0659. The molecule has 0 spiro atoms. The molecule has 0 aliphatic rings. The number of hydrogen-bond acceptors (Lipinski definition) is 2. The van der Waals surface area contributed by atoms with Crippen LogP contribution in [0.1, 0.15) is 24.8 Å². The molecule has 1 atom stereocenters. The Balaban J connectivity index is 2.64. The van der Waals surface area contributed by atoms with Crippen molar-refractivity contribution in [2.45, 2.75) is 31.7 Å². The van der Waals surface area contributed by atoms with Crippen LogP contribution >= 0.6 is 0 Å². The monoisotopic (exact) mass is 238 g/mol. The molecule has 0 radical (unpaired) electrons. The van der Waals surface area contributed by atoms with Crippen molar-refractivity contribution in [1.29, 1.82) is 0 Å². The van der Waals surface area contributed by atoms with Gasteiger partial charge < -0.3 is 0 Å². The van der Waals surface area contributed by atoms with Gasteiger partial charge >= 0.3 is 0 Å². The molecule has 2 nitrogen and oxygen atoms in total. The van der Waals surface area contributed by atoms with E-state index >= 15 is 0 Å². The summed E-state index contributed by atoms with van der Waals surface area (Å²) in [4.78, 5) is 0. The van der Waals surface area contributed by atoms with Crippen LogP contribution in [-0.2, 0) is 6.42 Å². The topological polar surface area (TPSA) is 38.0 Å². The molecule has 3 N–H and O–H groups in total. The van der Waals surface area contributed by atoms with Crippen LogP contribution in [0.4, 0.5) is 8.78 Å². The number of hydrogen-bond donors (Lipinski definition) is 2.